The number of amides is 1. The number of aryl methyl sites for hydroxylation is 2. The van der Waals surface area contributed by atoms with E-state index in [0.29, 0.717) is 5.69 Å². The third-order valence-electron chi connectivity index (χ3n) is 4.33. The molecule has 0 unspecified atom stereocenters. The molecule has 1 amide bonds. The number of halogens is 3. The second-order valence-corrected chi connectivity index (χ2v) is 6.20. The van der Waals surface area contributed by atoms with Crippen LogP contribution in [0.2, 0.25) is 0 Å². The van der Waals surface area contributed by atoms with Crippen molar-refractivity contribution in [3.8, 4) is 5.69 Å². The minimum atomic E-state index is -4.57. The summed E-state index contributed by atoms with van der Waals surface area (Å²) in [6.07, 6.45) is -4.57. The number of hydrogen-bond donors (Lipinski definition) is 1. The first-order valence-electron chi connectivity index (χ1n) is 8.16. The number of carbonyl (C=O) groups is 1. The van der Waals surface area contributed by atoms with Crippen LogP contribution in [0.5, 0.6) is 0 Å². The molecule has 0 spiro atoms. The predicted octanol–water partition coefficient (Wildman–Crippen LogP) is 4.46. The number of para-hydroxylation sites is 1. The third-order valence-corrected chi connectivity index (χ3v) is 4.33. The van der Waals surface area contributed by atoms with Crippen LogP contribution in [-0.4, -0.2) is 20.9 Å². The smallest absolute Gasteiger partial charge is 0.320 e. The van der Waals surface area contributed by atoms with E-state index in [1.54, 1.807) is 6.92 Å². The highest BCUT2D eigenvalue weighted by atomic mass is 19.4. The Morgan fingerprint density at radius 1 is 1.04 bits per heavy atom. The molecule has 0 saturated heterocycles. The van der Waals surface area contributed by atoms with Gasteiger partial charge in [-0.25, -0.2) is 4.68 Å². The molecule has 140 valence electrons. The van der Waals surface area contributed by atoms with Crippen LogP contribution in [0.15, 0.2) is 42.5 Å². The first kappa shape index (κ1) is 18.6. The molecule has 5 nitrogen and oxygen atoms in total. The molecule has 27 heavy (non-hydrogen) atoms. The topological polar surface area (TPSA) is 59.8 Å². The Labute approximate surface area is 153 Å². The van der Waals surface area contributed by atoms with Gasteiger partial charge in [0.05, 0.1) is 22.6 Å². The summed E-state index contributed by atoms with van der Waals surface area (Å²) in [4.78, 5) is 12.5. The van der Waals surface area contributed by atoms with Gasteiger partial charge in [-0.3, -0.25) is 4.79 Å². The van der Waals surface area contributed by atoms with Gasteiger partial charge >= 0.3 is 6.18 Å². The minimum absolute atomic E-state index is 0.0368. The molecule has 1 heterocycles. The normalized spacial score (nSPS) is 11.5. The van der Waals surface area contributed by atoms with Gasteiger partial charge in [0.2, 0.25) is 0 Å². The average molecular weight is 374 g/mol. The molecule has 0 bridgehead atoms. The summed E-state index contributed by atoms with van der Waals surface area (Å²) >= 11 is 0. The number of rotatable bonds is 3. The van der Waals surface area contributed by atoms with E-state index in [1.807, 2.05) is 32.0 Å². The molecule has 3 aromatic rings. The summed E-state index contributed by atoms with van der Waals surface area (Å²) in [5, 5.41) is 10.1. The first-order chi connectivity index (χ1) is 12.7. The van der Waals surface area contributed by atoms with Crippen LogP contribution in [0.4, 0.5) is 18.9 Å². The predicted molar refractivity (Wildman–Crippen MR) is 95.0 cm³/mol. The lowest BCUT2D eigenvalue weighted by Crippen LogP contribution is -2.18. The summed E-state index contributed by atoms with van der Waals surface area (Å²) in [5.74, 6) is -0.751. The van der Waals surface area contributed by atoms with E-state index in [-0.39, 0.29) is 11.4 Å². The lowest BCUT2D eigenvalue weighted by molar-refractivity contribution is -0.136. The second-order valence-electron chi connectivity index (χ2n) is 6.20. The quantitative estimate of drug-likeness (QED) is 0.736. The molecule has 3 rings (SSSR count). The van der Waals surface area contributed by atoms with E-state index in [9.17, 15) is 18.0 Å². The van der Waals surface area contributed by atoms with E-state index >= 15 is 0 Å². The van der Waals surface area contributed by atoms with Gasteiger partial charge in [-0.05, 0) is 56.2 Å². The molecule has 0 aliphatic rings. The van der Waals surface area contributed by atoms with Crippen molar-refractivity contribution in [1.82, 2.24) is 15.0 Å². The zero-order chi connectivity index (χ0) is 19.8. The molecule has 8 heteroatoms. The maximum absolute atomic E-state index is 13.1. The molecule has 0 radical (unpaired) electrons. The van der Waals surface area contributed by atoms with Crippen LogP contribution >= 0.6 is 0 Å². The summed E-state index contributed by atoms with van der Waals surface area (Å²) < 4.78 is 40.8. The third kappa shape index (κ3) is 3.69. The van der Waals surface area contributed by atoms with Gasteiger partial charge in [-0.1, -0.05) is 23.4 Å². The molecule has 0 saturated carbocycles. The molecule has 0 atom stereocenters. The minimum Gasteiger partial charge on any atom is -0.320 e. The Morgan fingerprint density at radius 3 is 2.41 bits per heavy atom. The number of anilines is 1. The van der Waals surface area contributed by atoms with Gasteiger partial charge < -0.3 is 5.32 Å². The highest BCUT2D eigenvalue weighted by molar-refractivity contribution is 6.04. The molecule has 2 aromatic carbocycles. The fourth-order valence-electron chi connectivity index (χ4n) is 2.66. The lowest BCUT2D eigenvalue weighted by Gasteiger charge is -2.13. The van der Waals surface area contributed by atoms with Crippen LogP contribution in [0, 0.1) is 20.8 Å². The highest BCUT2D eigenvalue weighted by Gasteiger charge is 2.34. The highest BCUT2D eigenvalue weighted by Crippen LogP contribution is 2.34. The number of nitrogens with one attached hydrogen (secondary N) is 1. The van der Waals surface area contributed by atoms with Gasteiger partial charge in [0.25, 0.3) is 5.91 Å². The molecular formula is C19H17F3N4O. The van der Waals surface area contributed by atoms with Crippen molar-refractivity contribution < 1.29 is 18.0 Å². The molecule has 0 aliphatic carbocycles. The number of hydrogen-bond acceptors (Lipinski definition) is 3. The molecule has 1 N–H and O–H groups in total. The molecule has 1 aromatic heterocycles. The van der Waals surface area contributed by atoms with Crippen molar-refractivity contribution in [1.29, 1.82) is 0 Å². The number of aromatic nitrogens is 3. The van der Waals surface area contributed by atoms with Crippen molar-refractivity contribution in [3.05, 3.63) is 70.5 Å². The average Bonchev–Trinajstić information content (AvgIpc) is 2.98. The Bertz CT molecular complexity index is 1010. The van der Waals surface area contributed by atoms with Gasteiger partial charge in [-0.15, -0.1) is 5.10 Å². The fraction of sp³-hybridized carbons (Fsp3) is 0.211. The fourth-order valence-corrected chi connectivity index (χ4v) is 2.66. The standard InChI is InChI=1S/C19H17F3N4O/c1-11-8-9-14(10-12(11)2)26-13(3)17(24-25-26)18(27)23-16-7-5-4-6-15(16)19(20,21)22/h4-10H,1-3H3,(H,23,27). The van der Waals surface area contributed by atoms with Crippen molar-refractivity contribution in [3.63, 3.8) is 0 Å². The Balaban J connectivity index is 1.92. The van der Waals surface area contributed by atoms with E-state index in [4.69, 9.17) is 0 Å². The summed E-state index contributed by atoms with van der Waals surface area (Å²) in [6.45, 7) is 5.57. The van der Waals surface area contributed by atoms with Crippen LogP contribution < -0.4 is 5.32 Å². The van der Waals surface area contributed by atoms with Crippen LogP contribution in [0.3, 0.4) is 0 Å². The summed E-state index contributed by atoms with van der Waals surface area (Å²) in [5.41, 5.74) is 2.03. The SMILES string of the molecule is Cc1ccc(-n2nnc(C(=O)Nc3ccccc3C(F)(F)F)c2C)cc1C. The molecule has 0 fully saturated rings. The first-order valence-corrected chi connectivity index (χ1v) is 8.16. The van der Waals surface area contributed by atoms with E-state index in [1.165, 1.54) is 22.9 Å². The van der Waals surface area contributed by atoms with E-state index < -0.39 is 17.6 Å². The van der Waals surface area contributed by atoms with Gasteiger partial charge in [0.1, 0.15) is 0 Å². The second kappa shape index (κ2) is 6.86. The van der Waals surface area contributed by atoms with Gasteiger partial charge in [-0.2, -0.15) is 13.2 Å². The van der Waals surface area contributed by atoms with E-state index in [0.717, 1.165) is 22.9 Å². The number of nitrogens with zero attached hydrogens (tertiary/aromatic N) is 3. The Kier molecular flexibility index (Phi) is 4.73. The lowest BCUT2D eigenvalue weighted by atomic mass is 10.1. The van der Waals surface area contributed by atoms with Crippen LogP contribution in [0.25, 0.3) is 5.69 Å². The number of carbonyl (C=O) groups excluding carboxylic acids is 1. The van der Waals surface area contributed by atoms with Gasteiger partial charge in [0, 0.05) is 0 Å². The number of alkyl halides is 3. The summed E-state index contributed by atoms with van der Waals surface area (Å²) in [6, 6.07) is 10.5. The van der Waals surface area contributed by atoms with Crippen molar-refractivity contribution in [2.75, 3.05) is 5.32 Å². The maximum Gasteiger partial charge on any atom is 0.418 e. The largest absolute Gasteiger partial charge is 0.418 e. The number of benzene rings is 2. The van der Waals surface area contributed by atoms with Crippen molar-refractivity contribution in [2.24, 2.45) is 0 Å². The Morgan fingerprint density at radius 2 is 1.74 bits per heavy atom. The maximum atomic E-state index is 13.1. The summed E-state index contributed by atoms with van der Waals surface area (Å²) in [7, 11) is 0. The van der Waals surface area contributed by atoms with E-state index in [2.05, 4.69) is 15.6 Å². The van der Waals surface area contributed by atoms with Crippen molar-refractivity contribution in [2.45, 2.75) is 26.9 Å². The Hall–Kier alpha value is -3.16. The molecule has 0 aliphatic heterocycles. The van der Waals surface area contributed by atoms with Crippen molar-refractivity contribution >= 4 is 11.6 Å². The van der Waals surface area contributed by atoms with Crippen LogP contribution in [-0.2, 0) is 6.18 Å². The molecular weight excluding hydrogens is 357 g/mol. The zero-order valence-corrected chi connectivity index (χ0v) is 14.9. The van der Waals surface area contributed by atoms with Crippen LogP contribution in [0.1, 0.15) is 32.9 Å². The monoisotopic (exact) mass is 374 g/mol. The van der Waals surface area contributed by atoms with Gasteiger partial charge in [0.15, 0.2) is 5.69 Å². The zero-order valence-electron chi connectivity index (χ0n) is 14.9.